The number of likely N-dealkylation sites (tertiary alicyclic amines) is 1. The molecule has 5 saturated carbocycles. The predicted octanol–water partition coefficient (Wildman–Crippen LogP) is 1.17. The summed E-state index contributed by atoms with van der Waals surface area (Å²) in [4.78, 5) is 30.4. The smallest absolute Gasteiger partial charge is 0.338 e. The van der Waals surface area contributed by atoms with E-state index in [1.807, 2.05) is 6.07 Å². The van der Waals surface area contributed by atoms with Gasteiger partial charge >= 0.3 is 5.97 Å². The first-order valence-electron chi connectivity index (χ1n) is 15.2. The minimum Gasteiger partial charge on any atom is -0.455 e. The number of nitrogens with zero attached hydrogens (tertiary/aromatic N) is 1. The molecule has 1 saturated heterocycles. The van der Waals surface area contributed by atoms with Crippen LogP contribution in [0.2, 0.25) is 0 Å². The molecule has 0 radical (unpaired) electrons. The first kappa shape index (κ1) is 28.8. The van der Waals surface area contributed by atoms with Crippen LogP contribution in [0.5, 0.6) is 0 Å². The highest BCUT2D eigenvalue weighted by atomic mass is 16.6. The van der Waals surface area contributed by atoms with Gasteiger partial charge in [0.05, 0.1) is 30.5 Å². The zero-order valence-electron chi connectivity index (χ0n) is 25.0. The van der Waals surface area contributed by atoms with Crippen LogP contribution < -0.4 is 0 Å². The summed E-state index contributed by atoms with van der Waals surface area (Å²) in [5.74, 6) is -2.42. The molecule has 0 aromatic heterocycles. The molecule has 10 nitrogen and oxygen atoms in total. The molecule has 6 fully saturated rings. The van der Waals surface area contributed by atoms with Crippen molar-refractivity contribution in [2.75, 3.05) is 48.1 Å². The average molecular weight is 586 g/mol. The molecule has 0 amide bonds. The van der Waals surface area contributed by atoms with E-state index in [9.17, 15) is 19.8 Å². The number of ketones is 1. The molecule has 10 heteroatoms. The normalized spacial score (nSPS) is 50.2. The molecule has 1 aliphatic heterocycles. The van der Waals surface area contributed by atoms with Gasteiger partial charge in [0.15, 0.2) is 5.78 Å². The van der Waals surface area contributed by atoms with Gasteiger partial charge in [0.25, 0.3) is 0 Å². The number of carbonyl (C=O) groups is 2. The summed E-state index contributed by atoms with van der Waals surface area (Å²) in [5.41, 5.74) is -2.56. The van der Waals surface area contributed by atoms with Crippen molar-refractivity contribution in [1.82, 2.24) is 4.90 Å². The van der Waals surface area contributed by atoms with Crippen molar-refractivity contribution in [3.63, 3.8) is 0 Å². The van der Waals surface area contributed by atoms with Crippen LogP contribution in [-0.2, 0) is 28.5 Å². The van der Waals surface area contributed by atoms with E-state index in [1.54, 1.807) is 45.6 Å². The highest BCUT2D eigenvalue weighted by Crippen LogP contribution is 2.78. The van der Waals surface area contributed by atoms with Crippen LogP contribution in [-0.4, -0.2) is 117 Å². The van der Waals surface area contributed by atoms with Crippen molar-refractivity contribution in [1.29, 1.82) is 0 Å². The molecule has 14 atom stereocenters. The Bertz CT molecular complexity index is 1250. The van der Waals surface area contributed by atoms with Gasteiger partial charge in [-0.2, -0.15) is 0 Å². The number of ether oxygens (including phenoxy) is 5. The fraction of sp³-hybridized carbons (Fsp3) is 0.750. The van der Waals surface area contributed by atoms with Crippen LogP contribution >= 0.6 is 0 Å². The zero-order chi connectivity index (χ0) is 29.8. The maximum Gasteiger partial charge on any atom is 0.338 e. The summed E-state index contributed by atoms with van der Waals surface area (Å²) in [6, 6.07) is 8.65. The third-order valence-corrected chi connectivity index (χ3v) is 12.5. The Balaban J connectivity index is 1.45. The highest BCUT2D eigenvalue weighted by molar-refractivity contribution is 5.92. The lowest BCUT2D eigenvalue weighted by Crippen LogP contribution is -2.77. The number of carbonyl (C=O) groups excluding carboxylic acids is 2. The molecular weight excluding hydrogens is 542 g/mol. The summed E-state index contributed by atoms with van der Waals surface area (Å²) in [7, 11) is 6.49. The second-order valence-corrected chi connectivity index (χ2v) is 13.5. The van der Waals surface area contributed by atoms with Gasteiger partial charge in [0, 0.05) is 81.9 Å². The van der Waals surface area contributed by atoms with Crippen molar-refractivity contribution in [3.05, 3.63) is 35.9 Å². The number of benzene rings is 1. The number of hydrogen-bond acceptors (Lipinski definition) is 10. The zero-order valence-corrected chi connectivity index (χ0v) is 25.0. The molecule has 1 aromatic rings. The Hall–Kier alpha value is -1.92. The number of hydrogen-bond donors (Lipinski definition) is 2. The fourth-order valence-electron chi connectivity index (χ4n) is 11.7. The van der Waals surface area contributed by atoms with E-state index >= 15 is 0 Å². The molecule has 6 aliphatic rings. The van der Waals surface area contributed by atoms with Crippen molar-refractivity contribution < 1.29 is 43.5 Å². The van der Waals surface area contributed by atoms with Gasteiger partial charge < -0.3 is 33.9 Å². The average Bonchev–Trinajstić information content (AvgIpc) is 3.33. The maximum absolute atomic E-state index is 14.5. The van der Waals surface area contributed by atoms with Gasteiger partial charge in [-0.05, 0) is 31.0 Å². The number of esters is 1. The van der Waals surface area contributed by atoms with Crippen molar-refractivity contribution in [3.8, 4) is 0 Å². The third kappa shape index (κ3) is 3.19. The molecule has 42 heavy (non-hydrogen) atoms. The van der Waals surface area contributed by atoms with Gasteiger partial charge in [-0.25, -0.2) is 4.79 Å². The van der Waals surface area contributed by atoms with E-state index < -0.39 is 52.5 Å². The molecule has 1 spiro atoms. The number of piperidine rings is 1. The Morgan fingerprint density at radius 2 is 1.81 bits per heavy atom. The fourth-order valence-corrected chi connectivity index (χ4v) is 11.7. The first-order chi connectivity index (χ1) is 20.2. The summed E-state index contributed by atoms with van der Waals surface area (Å²) < 4.78 is 30.6. The minimum atomic E-state index is -1.70. The van der Waals surface area contributed by atoms with E-state index in [4.69, 9.17) is 23.7 Å². The molecule has 7 bridgehead atoms. The highest BCUT2D eigenvalue weighted by Gasteiger charge is 2.87. The van der Waals surface area contributed by atoms with Gasteiger partial charge in [-0.3, -0.25) is 9.69 Å². The lowest BCUT2D eigenvalue weighted by Gasteiger charge is -2.69. The Kier molecular flexibility index (Phi) is 6.72. The van der Waals surface area contributed by atoms with Crippen LogP contribution in [0, 0.1) is 40.4 Å². The van der Waals surface area contributed by atoms with Gasteiger partial charge in [-0.15, -0.1) is 0 Å². The topological polar surface area (TPSA) is 124 Å². The summed E-state index contributed by atoms with van der Waals surface area (Å²) in [6.45, 7) is 3.77. The predicted molar refractivity (Wildman–Crippen MR) is 148 cm³/mol. The van der Waals surface area contributed by atoms with Crippen LogP contribution in [0.4, 0.5) is 0 Å². The second-order valence-electron chi connectivity index (χ2n) is 13.5. The third-order valence-electron chi connectivity index (χ3n) is 12.5. The number of aliphatic hydroxyl groups excluding tert-OH is 1. The summed E-state index contributed by atoms with van der Waals surface area (Å²) >= 11 is 0. The van der Waals surface area contributed by atoms with Crippen molar-refractivity contribution >= 4 is 11.8 Å². The Morgan fingerprint density at radius 1 is 1.07 bits per heavy atom. The quantitative estimate of drug-likeness (QED) is 0.430. The van der Waals surface area contributed by atoms with Crippen LogP contribution in [0.15, 0.2) is 30.3 Å². The monoisotopic (exact) mass is 585 g/mol. The number of rotatable bonds is 8. The standard InChI is InChI=1S/C32H43NO9/c1-6-33-14-30(15-38-2)18(34)12-19(39-3)32-17-13-31(37)27(42-29(36)16-10-8-7-9-11-16)20(17)21(23(35)28(31)41-5)22(26(32)33)24(40-4)25(30)32/h7-11,17-22,24-28,34,37H,6,12-15H2,1-5H3/t17?,18-,19+,20+,21+,22?,24+,25-,26?,27-,28-,30+,31?,32?/m1/s1. The number of fused-ring (bicyclic) bond motifs is 2. The van der Waals surface area contributed by atoms with Crippen molar-refractivity contribution in [2.45, 2.75) is 61.9 Å². The molecule has 1 heterocycles. The molecular formula is C32H43NO9. The largest absolute Gasteiger partial charge is 0.455 e. The molecule has 7 rings (SSSR count). The van der Waals surface area contributed by atoms with Crippen LogP contribution in [0.1, 0.15) is 30.1 Å². The Morgan fingerprint density at radius 3 is 2.43 bits per heavy atom. The van der Waals surface area contributed by atoms with Gasteiger partial charge in [0.2, 0.25) is 0 Å². The van der Waals surface area contributed by atoms with E-state index in [2.05, 4.69) is 11.8 Å². The molecule has 2 N–H and O–H groups in total. The van der Waals surface area contributed by atoms with E-state index in [-0.39, 0.29) is 48.2 Å². The summed E-state index contributed by atoms with van der Waals surface area (Å²) in [6.07, 6.45) is -2.90. The van der Waals surface area contributed by atoms with Crippen LogP contribution in [0.25, 0.3) is 0 Å². The van der Waals surface area contributed by atoms with E-state index in [0.717, 1.165) is 0 Å². The van der Waals surface area contributed by atoms with E-state index in [0.29, 0.717) is 31.7 Å². The first-order valence-corrected chi connectivity index (χ1v) is 15.2. The number of methoxy groups -OCH3 is 4. The second kappa shape index (κ2) is 9.79. The van der Waals surface area contributed by atoms with Crippen LogP contribution in [0.3, 0.4) is 0 Å². The SMILES string of the molecule is CCN1C[C@]2(COC)[C@H](O)C[C@H](OC)C34C5CC6(O)[C@H](OC)C(=O)[C@H](C(C13)[C@H](OC)[C@@H]42)[C@H]5[C@H]6OC(=O)c1ccccc1. The van der Waals surface area contributed by atoms with Gasteiger partial charge in [0.1, 0.15) is 17.8 Å². The number of Topliss-reactive ketones (excluding diaryl/α,β-unsaturated/α-hetero) is 1. The maximum atomic E-state index is 14.5. The molecule has 1 aromatic carbocycles. The van der Waals surface area contributed by atoms with Crippen molar-refractivity contribution in [2.24, 2.45) is 40.4 Å². The lowest BCUT2D eigenvalue weighted by atomic mass is 9.43. The van der Waals surface area contributed by atoms with Gasteiger partial charge in [-0.1, -0.05) is 25.1 Å². The lowest BCUT2D eigenvalue weighted by molar-refractivity contribution is -0.280. The number of aliphatic hydroxyl groups is 2. The Labute approximate surface area is 246 Å². The summed E-state index contributed by atoms with van der Waals surface area (Å²) in [5, 5.41) is 24.4. The molecule has 230 valence electrons. The molecule has 5 unspecified atom stereocenters. The van der Waals surface area contributed by atoms with E-state index in [1.165, 1.54) is 7.11 Å². The minimum absolute atomic E-state index is 0.0847. The molecule has 5 aliphatic carbocycles.